The number of primary amides is 2. The third-order valence-electron chi connectivity index (χ3n) is 17.8. The number of amides is 12. The third kappa shape index (κ3) is 32.0. The highest BCUT2D eigenvalue weighted by molar-refractivity contribution is 7.99. The molecular weight excluding hydrogens is 1540 g/mol. The molecule has 0 spiro atoms. The van der Waals surface area contributed by atoms with E-state index in [1.807, 2.05) is 12.1 Å². The summed E-state index contributed by atoms with van der Waals surface area (Å²) in [7, 11) is 2.98. The Bertz CT molecular complexity index is 4110. The van der Waals surface area contributed by atoms with Crippen LogP contribution in [0.15, 0.2) is 91.0 Å². The first kappa shape index (κ1) is 93.9. The van der Waals surface area contributed by atoms with Crippen molar-refractivity contribution in [3.63, 3.8) is 0 Å². The molecule has 36 nitrogen and oxygen atoms in total. The normalized spacial score (nSPS) is 20.0. The predicted octanol–water partition coefficient (Wildman–Crippen LogP) is -1.70. The van der Waals surface area contributed by atoms with Crippen molar-refractivity contribution >= 4 is 147 Å². The van der Waals surface area contributed by atoms with Crippen LogP contribution in [0.2, 0.25) is 0 Å². The number of benzene rings is 4. The van der Waals surface area contributed by atoms with Gasteiger partial charge in [0.2, 0.25) is 70.9 Å². The zero-order valence-electron chi connectivity index (χ0n) is 64.0. The lowest BCUT2D eigenvalue weighted by atomic mass is 9.85. The van der Waals surface area contributed by atoms with Crippen molar-refractivity contribution in [3.8, 4) is 0 Å². The molecule has 1 aliphatic rings. The Morgan fingerprint density at radius 2 is 1.14 bits per heavy atom. The Morgan fingerprint density at radius 1 is 0.579 bits per heavy atom. The average molecular weight is 1640 g/mol. The van der Waals surface area contributed by atoms with Crippen LogP contribution in [0.5, 0.6) is 0 Å². The molecule has 0 aliphatic carbocycles. The molecule has 114 heavy (non-hydrogen) atoms. The van der Waals surface area contributed by atoms with Crippen LogP contribution in [0.25, 0.3) is 10.8 Å². The van der Waals surface area contributed by atoms with Gasteiger partial charge in [0.1, 0.15) is 60.7 Å². The van der Waals surface area contributed by atoms with E-state index in [-0.39, 0.29) is 47.4 Å². The average Bonchev–Trinajstić information content (AvgIpc) is 0.816. The van der Waals surface area contributed by atoms with Gasteiger partial charge in [0, 0.05) is 53.8 Å². The lowest BCUT2D eigenvalue weighted by Crippen LogP contribution is -2.61. The molecule has 21 N–H and O–H groups in total. The summed E-state index contributed by atoms with van der Waals surface area (Å²) in [5.74, 6) is -17.8. The van der Waals surface area contributed by atoms with Gasteiger partial charge < -0.3 is 100 Å². The molecule has 5 rings (SSSR count). The van der Waals surface area contributed by atoms with Crippen LogP contribution in [0.1, 0.15) is 107 Å². The number of hydrogen-bond donors (Lipinski definition) is 19. The highest BCUT2D eigenvalue weighted by Crippen LogP contribution is 2.26. The molecule has 12 amide bonds. The molecule has 2 bridgehead atoms. The Balaban J connectivity index is 1.60. The number of nitrogens with one attached hydrogen (secondary N) is 13. The molecular formula is C75H101N15O21S3. The smallest absolute Gasteiger partial charge is 0.305 e. The summed E-state index contributed by atoms with van der Waals surface area (Å²) in [5, 5.41) is 74.1. The first-order valence-corrected chi connectivity index (χ1v) is 39.7. The molecule has 0 fully saturated rings. The second-order valence-electron chi connectivity index (χ2n) is 28.2. The molecule has 0 saturated heterocycles. The van der Waals surface area contributed by atoms with Gasteiger partial charge in [-0.25, -0.2) is 0 Å². The summed E-state index contributed by atoms with van der Waals surface area (Å²) in [6.45, 7) is 7.61. The van der Waals surface area contributed by atoms with E-state index in [9.17, 15) is 97.1 Å². The minimum Gasteiger partial charge on any atom is -0.481 e. The number of thioether (sulfide) groups is 3. The van der Waals surface area contributed by atoms with Crippen LogP contribution in [0.4, 0.5) is 0 Å². The Morgan fingerprint density at radius 3 is 1.75 bits per heavy atom. The fourth-order valence-corrected chi connectivity index (χ4v) is 14.7. The number of carbonyl (C=O) groups is 17. The molecule has 13 atom stereocenters. The van der Waals surface area contributed by atoms with Gasteiger partial charge in [-0.2, -0.15) is 35.3 Å². The van der Waals surface area contributed by atoms with E-state index in [2.05, 4.69) is 69.1 Å². The standard InChI is InChI=1S/C75H101N15O21S3/c1-39-65(102)85-53(29-57(76)92)72(109)83-49(20-22-59(93)94)67(104)86-52(28-46-18-13-17-45-16-11-12-19-48(45)46)70(107)81-40(2)66(103)89-56(73(110)84-50(21-23-60(95)96)68(105)87-54(31-62(99)100)71(108)82-47(32-91)27-41-14-9-8-10-15-41)37-113-34-43-24-42(25-44(26-43)35-114-38-58(79-7)80-39)33-112-36-55(64(77)101)88-74(111)63(75(3,4)5)90-69(106)51(78-6)30-61(97)98/h8-19,24-26,32,39-40,47,49-56,58,63,78-80H,20-23,27-31,33-38H2,1-7H3,(H2,76,92)(H2,77,101)(H,81,107)(H,82,108)(H,83,109)(H,84,110)(H,85,102)(H,86,104)(H,87,105)(H,88,111)(H,89,103)(H,90,106)(H,93,94)(H,95,96)(H,97,98)(H,99,100). The second-order valence-corrected chi connectivity index (χ2v) is 31.2. The summed E-state index contributed by atoms with van der Waals surface area (Å²) in [6, 6.07) is 7.48. The van der Waals surface area contributed by atoms with Crippen LogP contribution >= 0.6 is 35.3 Å². The number of nitrogens with two attached hydrogens (primary N) is 2. The van der Waals surface area contributed by atoms with E-state index in [0.29, 0.717) is 44.9 Å². The molecule has 620 valence electrons. The molecule has 13 unspecified atom stereocenters. The zero-order chi connectivity index (χ0) is 84.5. The maximum Gasteiger partial charge on any atom is 0.305 e. The summed E-state index contributed by atoms with van der Waals surface area (Å²) >= 11 is 3.60. The molecule has 0 aromatic heterocycles. The van der Waals surface area contributed by atoms with Crippen LogP contribution in [-0.2, 0) is 112 Å². The third-order valence-corrected chi connectivity index (χ3v) is 21.1. The molecule has 4 aromatic carbocycles. The minimum atomic E-state index is -1.92. The molecule has 1 aliphatic heterocycles. The van der Waals surface area contributed by atoms with Gasteiger partial charge >= 0.3 is 23.9 Å². The molecule has 4 aromatic rings. The van der Waals surface area contributed by atoms with Crippen molar-refractivity contribution in [1.82, 2.24) is 69.1 Å². The number of hydrogen-bond acceptors (Lipinski definition) is 23. The number of aldehydes is 1. The number of carboxylic acids is 4. The van der Waals surface area contributed by atoms with Crippen molar-refractivity contribution in [1.29, 1.82) is 0 Å². The largest absolute Gasteiger partial charge is 0.481 e. The fourth-order valence-electron chi connectivity index (χ4n) is 11.7. The fraction of sp³-hybridized carbons (Fsp3) is 0.480. The van der Waals surface area contributed by atoms with Gasteiger partial charge in [-0.1, -0.05) is 112 Å². The zero-order valence-corrected chi connectivity index (χ0v) is 66.4. The maximum absolute atomic E-state index is 15.0. The SMILES string of the molecule is CNC1CSCc2cc(CSCC(NC(=O)C(NC(=O)C(CC(=O)O)NC)C(C)(C)C)C(N)=O)cc(c2)CSCC(C(=O)NC(CCC(=O)O)C(=O)NC(CC(=O)O)C(=O)NC(C=O)Cc2ccccc2)NC(=O)C(C)NC(=O)C(Cc2cccc3ccccc23)NC(=O)C(CCC(=O)O)NC(=O)C(CC(N)=O)NC(=O)C(C)N1. The number of carboxylic acid groups (broad SMARTS) is 4. The summed E-state index contributed by atoms with van der Waals surface area (Å²) in [6.07, 6.45) is -5.89. The van der Waals surface area contributed by atoms with E-state index in [1.165, 1.54) is 44.4 Å². The predicted molar refractivity (Wildman–Crippen MR) is 423 cm³/mol. The first-order valence-electron chi connectivity index (χ1n) is 36.3. The van der Waals surface area contributed by atoms with Crippen molar-refractivity contribution < 1.29 is 102 Å². The Labute approximate surface area is 670 Å². The lowest BCUT2D eigenvalue weighted by Gasteiger charge is -2.32. The number of aliphatic carboxylic acids is 4. The van der Waals surface area contributed by atoms with E-state index < -0.39 is 224 Å². The van der Waals surface area contributed by atoms with E-state index in [0.717, 1.165) is 11.8 Å². The van der Waals surface area contributed by atoms with Crippen LogP contribution in [0.3, 0.4) is 0 Å². The van der Waals surface area contributed by atoms with Gasteiger partial charge in [0.25, 0.3) is 0 Å². The Kier molecular flexibility index (Phi) is 38.2. The van der Waals surface area contributed by atoms with Gasteiger partial charge in [-0.15, -0.1) is 0 Å². The quantitative estimate of drug-likeness (QED) is 0.0232. The summed E-state index contributed by atoms with van der Waals surface area (Å²) in [4.78, 5) is 229. The minimum absolute atomic E-state index is 0.0360. The van der Waals surface area contributed by atoms with Crippen LogP contribution < -0.4 is 80.6 Å². The van der Waals surface area contributed by atoms with Crippen molar-refractivity contribution in [2.45, 2.75) is 188 Å². The van der Waals surface area contributed by atoms with Gasteiger partial charge in [-0.3, -0.25) is 82.0 Å². The second kappa shape index (κ2) is 46.4. The van der Waals surface area contributed by atoms with Crippen molar-refractivity contribution in [3.05, 3.63) is 119 Å². The summed E-state index contributed by atoms with van der Waals surface area (Å²) in [5.41, 5.74) is 13.5. The van der Waals surface area contributed by atoms with Crippen molar-refractivity contribution in [2.24, 2.45) is 16.9 Å². The highest BCUT2D eigenvalue weighted by atomic mass is 32.2. The van der Waals surface area contributed by atoms with Crippen LogP contribution in [0, 0.1) is 5.41 Å². The van der Waals surface area contributed by atoms with Gasteiger partial charge in [0.15, 0.2) is 0 Å². The van der Waals surface area contributed by atoms with Crippen molar-refractivity contribution in [2.75, 3.05) is 31.4 Å². The summed E-state index contributed by atoms with van der Waals surface area (Å²) < 4.78 is 0. The molecule has 0 radical (unpaired) electrons. The van der Waals surface area contributed by atoms with E-state index >= 15 is 4.79 Å². The maximum atomic E-state index is 15.0. The first-order chi connectivity index (χ1) is 53.9. The number of rotatable bonds is 34. The van der Waals surface area contributed by atoms with Gasteiger partial charge in [0.05, 0.1) is 43.6 Å². The van der Waals surface area contributed by atoms with Gasteiger partial charge in [-0.05, 0) is 91.2 Å². The monoisotopic (exact) mass is 1640 g/mol. The Hall–Kier alpha value is -10.7. The van der Waals surface area contributed by atoms with E-state index in [1.54, 1.807) is 107 Å². The molecule has 39 heteroatoms. The number of fused-ring (bicyclic) bond motifs is 3. The highest BCUT2D eigenvalue weighted by Gasteiger charge is 2.39. The topological polar surface area (TPSA) is 580 Å². The van der Waals surface area contributed by atoms with Crippen LogP contribution in [-0.4, -0.2) is 231 Å². The molecule has 1 heterocycles. The molecule has 0 saturated carbocycles. The van der Waals surface area contributed by atoms with E-state index in [4.69, 9.17) is 11.5 Å². The number of carbonyl (C=O) groups excluding carboxylic acids is 13. The number of likely N-dealkylation sites (N-methyl/N-ethyl adjacent to an activating group) is 1. The lowest BCUT2D eigenvalue weighted by molar-refractivity contribution is -0.141.